The lowest BCUT2D eigenvalue weighted by molar-refractivity contribution is -0.121. The van der Waals surface area contributed by atoms with Crippen LogP contribution in [0.2, 0.25) is 10.0 Å². The lowest BCUT2D eigenvalue weighted by Crippen LogP contribution is -2.30. The van der Waals surface area contributed by atoms with Crippen LogP contribution in [-0.2, 0) is 9.59 Å². The lowest BCUT2D eigenvalue weighted by Gasteiger charge is -2.17. The van der Waals surface area contributed by atoms with Crippen LogP contribution in [0.3, 0.4) is 0 Å². The highest BCUT2D eigenvalue weighted by molar-refractivity contribution is 6.38. The van der Waals surface area contributed by atoms with E-state index >= 15 is 0 Å². The Labute approximate surface area is 170 Å². The van der Waals surface area contributed by atoms with E-state index < -0.39 is 11.8 Å². The Bertz CT molecular complexity index is 1100. The van der Waals surface area contributed by atoms with Crippen LogP contribution in [0.4, 0.5) is 11.5 Å². The van der Waals surface area contributed by atoms with E-state index in [1.165, 1.54) is 10.7 Å². The van der Waals surface area contributed by atoms with E-state index in [1.54, 1.807) is 37.4 Å². The lowest BCUT2D eigenvalue weighted by atomic mass is 9.97. The van der Waals surface area contributed by atoms with Crippen molar-refractivity contribution in [2.75, 3.05) is 10.6 Å². The molecule has 2 aromatic heterocycles. The number of nitrogens with zero attached hydrogens (tertiary/aromatic N) is 4. The second-order valence-corrected chi connectivity index (χ2v) is 7.25. The predicted molar refractivity (Wildman–Crippen MR) is 107 cm³/mol. The first-order valence-electron chi connectivity index (χ1n) is 8.46. The molecule has 3 heterocycles. The van der Waals surface area contributed by atoms with Crippen LogP contribution in [0.25, 0.3) is 5.82 Å². The molecule has 1 unspecified atom stereocenters. The number of imide groups is 1. The molecule has 7 nitrogen and oxygen atoms in total. The molecule has 1 atom stereocenters. The van der Waals surface area contributed by atoms with Crippen LogP contribution < -0.4 is 10.6 Å². The van der Waals surface area contributed by atoms with Crippen molar-refractivity contribution in [1.82, 2.24) is 14.8 Å². The molecular weight excluding hydrogens is 401 g/mol. The standard InChI is InChI=1S/C19H15Cl2N5O2/c1-10-17(18(22)26(24-10)15-4-2-3-7-23-15)12-9-16(27)25(19(12)28)14-6-5-11(20)8-13(14)21/h2-8,12H,9,22H2,1H3. The van der Waals surface area contributed by atoms with E-state index in [0.29, 0.717) is 27.8 Å². The normalized spacial score (nSPS) is 16.8. The molecule has 0 aliphatic carbocycles. The topological polar surface area (TPSA) is 94.1 Å². The second kappa shape index (κ2) is 6.92. The molecule has 3 aromatic rings. The van der Waals surface area contributed by atoms with Crippen LogP contribution in [-0.4, -0.2) is 26.6 Å². The van der Waals surface area contributed by atoms with Gasteiger partial charge in [-0.2, -0.15) is 9.78 Å². The molecule has 1 aliphatic rings. The minimum atomic E-state index is -0.739. The summed E-state index contributed by atoms with van der Waals surface area (Å²) in [7, 11) is 0. The number of hydrogen-bond donors (Lipinski definition) is 1. The Morgan fingerprint density at radius 3 is 2.64 bits per heavy atom. The van der Waals surface area contributed by atoms with Crippen LogP contribution in [0.15, 0.2) is 42.6 Å². The molecule has 2 N–H and O–H groups in total. The van der Waals surface area contributed by atoms with E-state index in [-0.39, 0.29) is 23.2 Å². The summed E-state index contributed by atoms with van der Waals surface area (Å²) in [6.07, 6.45) is 1.61. The zero-order chi connectivity index (χ0) is 20.0. The van der Waals surface area contributed by atoms with Crippen molar-refractivity contribution in [3.05, 3.63) is 63.9 Å². The van der Waals surface area contributed by atoms with Gasteiger partial charge in [-0.05, 0) is 37.3 Å². The van der Waals surface area contributed by atoms with Crippen molar-refractivity contribution in [3.63, 3.8) is 0 Å². The number of anilines is 2. The zero-order valence-corrected chi connectivity index (χ0v) is 16.3. The Balaban J connectivity index is 1.75. The third-order valence-corrected chi connectivity index (χ3v) is 5.19. The van der Waals surface area contributed by atoms with Crippen molar-refractivity contribution >= 4 is 46.5 Å². The molecule has 0 bridgehead atoms. The molecule has 28 heavy (non-hydrogen) atoms. The number of carbonyl (C=O) groups excluding carboxylic acids is 2. The number of carbonyl (C=O) groups is 2. The fraction of sp³-hybridized carbons (Fsp3) is 0.158. The number of pyridine rings is 1. The average molecular weight is 416 g/mol. The van der Waals surface area contributed by atoms with Gasteiger partial charge in [0.15, 0.2) is 5.82 Å². The molecule has 9 heteroatoms. The summed E-state index contributed by atoms with van der Waals surface area (Å²) in [5, 5.41) is 5.06. The average Bonchev–Trinajstić information content (AvgIpc) is 3.11. The largest absolute Gasteiger partial charge is 0.383 e. The van der Waals surface area contributed by atoms with E-state index in [2.05, 4.69) is 10.1 Å². The highest BCUT2D eigenvalue weighted by atomic mass is 35.5. The molecule has 1 saturated heterocycles. The maximum atomic E-state index is 13.1. The van der Waals surface area contributed by atoms with E-state index in [0.717, 1.165) is 4.90 Å². The van der Waals surface area contributed by atoms with Crippen molar-refractivity contribution < 1.29 is 9.59 Å². The number of nitrogen functional groups attached to an aromatic ring is 1. The molecule has 4 rings (SSSR count). The van der Waals surface area contributed by atoms with Gasteiger partial charge in [0, 0.05) is 23.2 Å². The van der Waals surface area contributed by atoms with Gasteiger partial charge in [0.25, 0.3) is 0 Å². The van der Waals surface area contributed by atoms with Crippen molar-refractivity contribution in [2.24, 2.45) is 0 Å². The number of nitrogens with two attached hydrogens (primary N) is 1. The molecular formula is C19H15Cl2N5O2. The molecule has 2 amide bonds. The minimum absolute atomic E-state index is 0.0171. The highest BCUT2D eigenvalue weighted by Crippen LogP contribution is 2.40. The summed E-state index contributed by atoms with van der Waals surface area (Å²) in [5.74, 6) is -0.681. The van der Waals surface area contributed by atoms with Gasteiger partial charge in [0.1, 0.15) is 5.82 Å². The molecule has 0 spiro atoms. The number of benzene rings is 1. The Morgan fingerprint density at radius 2 is 1.96 bits per heavy atom. The summed E-state index contributed by atoms with van der Waals surface area (Å²) in [6.45, 7) is 1.75. The zero-order valence-electron chi connectivity index (χ0n) is 14.8. The van der Waals surface area contributed by atoms with Gasteiger partial charge in [-0.3, -0.25) is 9.59 Å². The van der Waals surface area contributed by atoms with Gasteiger partial charge < -0.3 is 5.73 Å². The monoisotopic (exact) mass is 415 g/mol. The first-order chi connectivity index (χ1) is 13.4. The third kappa shape index (κ3) is 2.93. The SMILES string of the molecule is Cc1nn(-c2ccccn2)c(N)c1C1CC(=O)N(c2ccc(Cl)cc2Cl)C1=O. The van der Waals surface area contributed by atoms with Gasteiger partial charge in [0.05, 0.1) is 22.3 Å². The predicted octanol–water partition coefficient (Wildman–Crippen LogP) is 3.51. The maximum absolute atomic E-state index is 13.1. The van der Waals surface area contributed by atoms with Gasteiger partial charge in [0.2, 0.25) is 11.8 Å². The summed E-state index contributed by atoms with van der Waals surface area (Å²) in [6, 6.07) is 9.97. The van der Waals surface area contributed by atoms with Crippen LogP contribution >= 0.6 is 23.2 Å². The van der Waals surface area contributed by atoms with E-state index in [9.17, 15) is 9.59 Å². The number of hydrogen-bond acceptors (Lipinski definition) is 5. The van der Waals surface area contributed by atoms with Crippen molar-refractivity contribution in [2.45, 2.75) is 19.3 Å². The number of aromatic nitrogens is 3. The van der Waals surface area contributed by atoms with Crippen LogP contribution in [0.1, 0.15) is 23.6 Å². The summed E-state index contributed by atoms with van der Waals surface area (Å²) >= 11 is 12.1. The number of rotatable bonds is 3. The van der Waals surface area contributed by atoms with Gasteiger partial charge in [-0.25, -0.2) is 9.88 Å². The molecule has 142 valence electrons. The fourth-order valence-corrected chi connectivity index (χ4v) is 3.91. The third-order valence-electron chi connectivity index (χ3n) is 4.66. The van der Waals surface area contributed by atoms with Gasteiger partial charge in [-0.15, -0.1) is 0 Å². The van der Waals surface area contributed by atoms with Crippen molar-refractivity contribution in [1.29, 1.82) is 0 Å². The summed E-state index contributed by atoms with van der Waals surface area (Å²) < 4.78 is 1.47. The molecule has 1 fully saturated rings. The van der Waals surface area contributed by atoms with Gasteiger partial charge in [-0.1, -0.05) is 29.3 Å². The van der Waals surface area contributed by atoms with Crippen LogP contribution in [0, 0.1) is 6.92 Å². The Kier molecular flexibility index (Phi) is 4.56. The fourth-order valence-electron chi connectivity index (χ4n) is 3.41. The first-order valence-corrected chi connectivity index (χ1v) is 9.22. The van der Waals surface area contributed by atoms with E-state index in [1.807, 2.05) is 6.07 Å². The molecule has 1 aliphatic heterocycles. The second-order valence-electron chi connectivity index (χ2n) is 6.40. The number of halogens is 2. The van der Waals surface area contributed by atoms with Crippen molar-refractivity contribution in [3.8, 4) is 5.82 Å². The smallest absolute Gasteiger partial charge is 0.242 e. The highest BCUT2D eigenvalue weighted by Gasteiger charge is 2.43. The van der Waals surface area contributed by atoms with Gasteiger partial charge >= 0.3 is 0 Å². The van der Waals surface area contributed by atoms with Crippen LogP contribution in [0.5, 0.6) is 0 Å². The number of amides is 2. The van der Waals surface area contributed by atoms with E-state index in [4.69, 9.17) is 28.9 Å². The Morgan fingerprint density at radius 1 is 1.18 bits per heavy atom. The first kappa shape index (κ1) is 18.5. The molecule has 0 saturated carbocycles. The molecule has 1 aromatic carbocycles. The quantitative estimate of drug-likeness (QED) is 0.660. The molecule has 0 radical (unpaired) electrons. The Hall–Kier alpha value is -2.90. The maximum Gasteiger partial charge on any atom is 0.242 e. The summed E-state index contributed by atoms with van der Waals surface area (Å²) in [5.41, 5.74) is 7.69. The number of aryl methyl sites for hydroxylation is 1. The summed E-state index contributed by atoms with van der Waals surface area (Å²) in [4.78, 5) is 31.1. The minimum Gasteiger partial charge on any atom is -0.383 e.